The van der Waals surface area contributed by atoms with Crippen molar-refractivity contribution in [1.29, 1.82) is 0 Å². The van der Waals surface area contributed by atoms with Crippen molar-refractivity contribution in [2.45, 2.75) is 50.6 Å². The number of amides is 2. The monoisotopic (exact) mass is 376 g/mol. The molecule has 7 heteroatoms. The van der Waals surface area contributed by atoms with Crippen molar-refractivity contribution >= 4 is 29.5 Å². The molecule has 2 aliphatic rings. The Labute approximate surface area is 157 Å². The summed E-state index contributed by atoms with van der Waals surface area (Å²) in [5.74, 6) is -0.332. The molecule has 0 radical (unpaired) electrons. The first-order chi connectivity index (χ1) is 12.4. The highest BCUT2D eigenvalue weighted by Gasteiger charge is 2.54. The Morgan fingerprint density at radius 3 is 2.54 bits per heavy atom. The maximum atomic E-state index is 13.0. The summed E-state index contributed by atoms with van der Waals surface area (Å²) in [6.07, 6.45) is 2.73. The molecule has 0 bridgehead atoms. The van der Waals surface area contributed by atoms with Crippen LogP contribution in [0.25, 0.3) is 0 Å². The first-order valence-electron chi connectivity index (χ1n) is 8.99. The topological polar surface area (TPSA) is 77.9 Å². The summed E-state index contributed by atoms with van der Waals surface area (Å²) in [7, 11) is 0. The van der Waals surface area contributed by atoms with Crippen molar-refractivity contribution in [1.82, 2.24) is 9.80 Å². The maximum absolute atomic E-state index is 13.0. The molecule has 1 N–H and O–H groups in total. The lowest BCUT2D eigenvalue weighted by atomic mass is 10.0. The predicted octanol–water partition coefficient (Wildman–Crippen LogP) is 2.58. The van der Waals surface area contributed by atoms with Gasteiger partial charge in [0.2, 0.25) is 11.8 Å². The number of carboxylic acid groups (broad SMARTS) is 1. The molecular weight excluding hydrogens is 352 g/mol. The fourth-order valence-electron chi connectivity index (χ4n) is 3.91. The molecule has 2 fully saturated rings. The van der Waals surface area contributed by atoms with E-state index >= 15 is 0 Å². The molecule has 1 aromatic rings. The van der Waals surface area contributed by atoms with E-state index in [1.165, 1.54) is 12.1 Å². The first kappa shape index (κ1) is 18.8. The Morgan fingerprint density at radius 2 is 1.96 bits per heavy atom. The Bertz CT molecular complexity index is 721. The largest absolute Gasteiger partial charge is 0.478 e. The van der Waals surface area contributed by atoms with Crippen LogP contribution in [0.1, 0.15) is 49.0 Å². The van der Waals surface area contributed by atoms with E-state index < -0.39 is 5.97 Å². The van der Waals surface area contributed by atoms with E-state index in [0.717, 1.165) is 24.8 Å². The van der Waals surface area contributed by atoms with Crippen LogP contribution in [-0.2, 0) is 16.1 Å². The molecule has 2 heterocycles. The van der Waals surface area contributed by atoms with Gasteiger partial charge in [-0.1, -0.05) is 32.4 Å². The van der Waals surface area contributed by atoms with Gasteiger partial charge in [0.1, 0.15) is 12.6 Å². The van der Waals surface area contributed by atoms with Crippen LogP contribution in [0.3, 0.4) is 0 Å². The van der Waals surface area contributed by atoms with E-state index in [1.54, 1.807) is 28.8 Å². The van der Waals surface area contributed by atoms with Gasteiger partial charge in [0.05, 0.1) is 10.4 Å². The summed E-state index contributed by atoms with van der Waals surface area (Å²) >= 11 is 1.73. The molecule has 2 aliphatic heterocycles. The van der Waals surface area contributed by atoms with Gasteiger partial charge in [-0.25, -0.2) is 4.79 Å². The van der Waals surface area contributed by atoms with Crippen molar-refractivity contribution in [2.75, 3.05) is 12.3 Å². The summed E-state index contributed by atoms with van der Waals surface area (Å²) in [4.78, 5) is 40.0. The number of hydrogen-bond donors (Lipinski definition) is 1. The third-order valence-electron chi connectivity index (χ3n) is 5.22. The number of carbonyl (C=O) groups is 3. The SMILES string of the molecule is CCCC1(CC)SCC2C(=O)N(Cc3ccc(C(=O)O)cc3)CC(=O)N21. The number of fused-ring (bicyclic) bond motifs is 1. The molecule has 140 valence electrons. The molecule has 6 nitrogen and oxygen atoms in total. The van der Waals surface area contributed by atoms with E-state index in [1.807, 2.05) is 4.90 Å². The fraction of sp³-hybridized carbons (Fsp3) is 0.526. The van der Waals surface area contributed by atoms with Crippen molar-refractivity contribution in [2.24, 2.45) is 0 Å². The second-order valence-electron chi connectivity index (χ2n) is 6.84. The van der Waals surface area contributed by atoms with Crippen LogP contribution in [0, 0.1) is 0 Å². The van der Waals surface area contributed by atoms with E-state index in [2.05, 4.69) is 13.8 Å². The molecule has 2 atom stereocenters. The van der Waals surface area contributed by atoms with Crippen LogP contribution < -0.4 is 0 Å². The van der Waals surface area contributed by atoms with Gasteiger partial charge in [-0.2, -0.15) is 0 Å². The average molecular weight is 376 g/mol. The quantitative estimate of drug-likeness (QED) is 0.826. The third-order valence-corrected chi connectivity index (χ3v) is 6.93. The van der Waals surface area contributed by atoms with Crippen LogP contribution in [0.15, 0.2) is 24.3 Å². The Hall–Kier alpha value is -2.02. The van der Waals surface area contributed by atoms with Gasteiger partial charge in [-0.3, -0.25) is 9.59 Å². The second kappa shape index (κ2) is 7.31. The number of aromatic carboxylic acids is 1. The molecule has 26 heavy (non-hydrogen) atoms. The molecule has 3 rings (SSSR count). The first-order valence-corrected chi connectivity index (χ1v) is 9.97. The summed E-state index contributed by atoms with van der Waals surface area (Å²) in [6.45, 7) is 4.60. The van der Waals surface area contributed by atoms with Crippen LogP contribution in [0.4, 0.5) is 0 Å². The normalized spacial score (nSPS) is 25.5. The van der Waals surface area contributed by atoms with E-state index in [4.69, 9.17) is 5.11 Å². The maximum Gasteiger partial charge on any atom is 0.335 e. The summed E-state index contributed by atoms with van der Waals surface area (Å²) in [5, 5.41) is 8.98. The van der Waals surface area contributed by atoms with E-state index in [9.17, 15) is 14.4 Å². The molecule has 0 saturated carbocycles. The van der Waals surface area contributed by atoms with Gasteiger partial charge in [0, 0.05) is 12.3 Å². The van der Waals surface area contributed by atoms with Gasteiger partial charge in [-0.15, -0.1) is 11.8 Å². The molecule has 1 aromatic carbocycles. The fourth-order valence-corrected chi connectivity index (χ4v) is 5.59. The minimum atomic E-state index is -0.980. The van der Waals surface area contributed by atoms with Gasteiger partial charge < -0.3 is 14.9 Å². The lowest BCUT2D eigenvalue weighted by Crippen LogP contribution is -2.62. The molecule has 0 aliphatic carbocycles. The standard InChI is InChI=1S/C19H24N2O4S/c1-3-9-19(4-2)21-15(12-26-19)17(23)20(11-16(21)22)10-13-5-7-14(8-6-13)18(24)25/h5-8,15H,3-4,9-12H2,1-2H3,(H,24,25). The zero-order valence-corrected chi connectivity index (χ0v) is 15.9. The highest BCUT2D eigenvalue weighted by Crippen LogP contribution is 2.47. The van der Waals surface area contributed by atoms with Crippen molar-refractivity contribution in [3.63, 3.8) is 0 Å². The van der Waals surface area contributed by atoms with Crippen LogP contribution >= 0.6 is 11.8 Å². The number of hydrogen-bond acceptors (Lipinski definition) is 4. The van der Waals surface area contributed by atoms with Crippen molar-refractivity contribution in [3.8, 4) is 0 Å². The molecule has 0 spiro atoms. The van der Waals surface area contributed by atoms with Gasteiger partial charge in [0.15, 0.2) is 0 Å². The van der Waals surface area contributed by atoms with Gasteiger partial charge >= 0.3 is 5.97 Å². The van der Waals surface area contributed by atoms with Gasteiger partial charge in [-0.05, 0) is 30.5 Å². The Kier molecular flexibility index (Phi) is 5.27. The minimum absolute atomic E-state index is 0.00848. The smallest absolute Gasteiger partial charge is 0.335 e. The predicted molar refractivity (Wildman–Crippen MR) is 99.8 cm³/mol. The third kappa shape index (κ3) is 3.20. The lowest BCUT2D eigenvalue weighted by Gasteiger charge is -2.44. The molecule has 0 aromatic heterocycles. The molecular formula is C19H24N2O4S. The lowest BCUT2D eigenvalue weighted by molar-refractivity contribution is -0.158. The van der Waals surface area contributed by atoms with Crippen LogP contribution in [-0.4, -0.2) is 55.9 Å². The summed E-state index contributed by atoms with van der Waals surface area (Å²) < 4.78 is 0. The van der Waals surface area contributed by atoms with Crippen LogP contribution in [0.5, 0.6) is 0 Å². The number of rotatable bonds is 6. The Morgan fingerprint density at radius 1 is 1.27 bits per heavy atom. The number of carboxylic acids is 1. The number of thioether (sulfide) groups is 1. The average Bonchev–Trinajstić information content (AvgIpc) is 3.01. The molecule has 2 saturated heterocycles. The van der Waals surface area contributed by atoms with Crippen molar-refractivity contribution < 1.29 is 19.5 Å². The molecule has 2 amide bonds. The number of carbonyl (C=O) groups excluding carboxylic acids is 2. The van der Waals surface area contributed by atoms with E-state index in [-0.39, 0.29) is 34.8 Å². The zero-order valence-electron chi connectivity index (χ0n) is 15.1. The number of piperazine rings is 1. The molecule has 2 unspecified atom stereocenters. The summed E-state index contributed by atoms with van der Waals surface area (Å²) in [6, 6.07) is 6.06. The second-order valence-corrected chi connectivity index (χ2v) is 8.22. The van der Waals surface area contributed by atoms with Gasteiger partial charge in [0.25, 0.3) is 0 Å². The Balaban J connectivity index is 1.77. The highest BCUT2D eigenvalue weighted by molar-refractivity contribution is 8.01. The van der Waals surface area contributed by atoms with Crippen LogP contribution in [0.2, 0.25) is 0 Å². The summed E-state index contributed by atoms with van der Waals surface area (Å²) in [5.41, 5.74) is 1.03. The number of nitrogens with zero attached hydrogens (tertiary/aromatic N) is 2. The number of benzene rings is 1. The van der Waals surface area contributed by atoms with E-state index in [0.29, 0.717) is 12.3 Å². The highest BCUT2D eigenvalue weighted by atomic mass is 32.2. The van der Waals surface area contributed by atoms with Crippen molar-refractivity contribution in [3.05, 3.63) is 35.4 Å². The zero-order chi connectivity index (χ0) is 18.9. The minimum Gasteiger partial charge on any atom is -0.478 e.